The van der Waals surface area contributed by atoms with Gasteiger partial charge in [0.25, 0.3) is 0 Å². The van der Waals surface area contributed by atoms with Gasteiger partial charge < -0.3 is 48.8 Å². The van der Waals surface area contributed by atoms with E-state index in [1.165, 1.54) is 40.6 Å². The van der Waals surface area contributed by atoms with E-state index in [4.69, 9.17) is 28.4 Å². The molecule has 0 aliphatic heterocycles. The summed E-state index contributed by atoms with van der Waals surface area (Å²) in [5.74, 6) is -4.86. The summed E-state index contributed by atoms with van der Waals surface area (Å²) < 4.78 is 34.0. The first kappa shape index (κ1) is 32.5. The van der Waals surface area contributed by atoms with Crippen LogP contribution in [0.4, 0.5) is 0 Å². The number of carboxylic acid groups (broad SMARTS) is 4. The minimum absolute atomic E-state index is 0.0130. The predicted octanol–water partition coefficient (Wildman–Crippen LogP) is 5.77. The zero-order valence-corrected chi connectivity index (χ0v) is 24.6. The zero-order chi connectivity index (χ0) is 33.7. The maximum atomic E-state index is 11.6. The molecule has 0 heterocycles. The molecule has 0 atom stereocenters. The zero-order valence-electron chi connectivity index (χ0n) is 24.6. The van der Waals surface area contributed by atoms with Crippen molar-refractivity contribution in [2.75, 3.05) is 28.4 Å². The van der Waals surface area contributed by atoms with Gasteiger partial charge in [0.1, 0.15) is 11.5 Å². The summed E-state index contributed by atoms with van der Waals surface area (Å²) in [5, 5.41) is 37.6. The van der Waals surface area contributed by atoms with Gasteiger partial charge >= 0.3 is 23.9 Å². The van der Waals surface area contributed by atoms with E-state index in [0.29, 0.717) is 11.1 Å². The van der Waals surface area contributed by atoms with Gasteiger partial charge in [-0.25, -0.2) is 19.2 Å². The SMILES string of the molecule is COc1cc(-c2cc(OC)c(Oc3ccc(C(=O)O)c(C(=O)O)c3)c(OC)c2)cc(OC)c1Oc1ccc(C(=O)O)c(C(=O)O)c1. The minimum atomic E-state index is -1.45. The Hall–Kier alpha value is -6.44. The van der Waals surface area contributed by atoms with Crippen molar-refractivity contribution in [1.29, 1.82) is 0 Å². The number of carbonyl (C=O) groups is 4. The highest BCUT2D eigenvalue weighted by Crippen LogP contribution is 2.48. The lowest BCUT2D eigenvalue weighted by atomic mass is 10.0. The van der Waals surface area contributed by atoms with Gasteiger partial charge in [-0.1, -0.05) is 0 Å². The van der Waals surface area contributed by atoms with Crippen molar-refractivity contribution in [1.82, 2.24) is 0 Å². The molecular formula is C32H26O14. The smallest absolute Gasteiger partial charge is 0.336 e. The van der Waals surface area contributed by atoms with Crippen LogP contribution in [0.25, 0.3) is 11.1 Å². The lowest BCUT2D eigenvalue weighted by Gasteiger charge is -2.19. The third kappa shape index (κ3) is 6.55. The molecule has 4 aromatic rings. The van der Waals surface area contributed by atoms with Crippen LogP contribution in [0.15, 0.2) is 60.7 Å². The Labute approximate surface area is 260 Å². The van der Waals surface area contributed by atoms with Crippen molar-refractivity contribution in [2.45, 2.75) is 0 Å². The molecule has 0 aromatic heterocycles. The fourth-order valence-corrected chi connectivity index (χ4v) is 4.43. The topological polar surface area (TPSA) is 205 Å². The second-order valence-electron chi connectivity index (χ2n) is 9.26. The van der Waals surface area contributed by atoms with Crippen LogP contribution in [0.1, 0.15) is 41.4 Å². The average Bonchev–Trinajstić information content (AvgIpc) is 3.04. The van der Waals surface area contributed by atoms with Gasteiger partial charge in [-0.2, -0.15) is 0 Å². The third-order valence-corrected chi connectivity index (χ3v) is 6.60. The summed E-state index contributed by atoms with van der Waals surface area (Å²) in [5.41, 5.74) is -0.726. The van der Waals surface area contributed by atoms with Gasteiger partial charge in [0.15, 0.2) is 23.0 Å². The van der Waals surface area contributed by atoms with Crippen LogP contribution in [-0.2, 0) is 0 Å². The predicted molar refractivity (Wildman–Crippen MR) is 159 cm³/mol. The summed E-state index contributed by atoms with van der Waals surface area (Å²) in [6.07, 6.45) is 0. The van der Waals surface area contributed by atoms with Gasteiger partial charge in [-0.15, -0.1) is 0 Å². The Bertz CT molecular complexity index is 1680. The molecule has 4 N–H and O–H groups in total. The molecule has 0 spiro atoms. The number of carboxylic acids is 4. The van der Waals surface area contributed by atoms with Crippen LogP contribution >= 0.6 is 0 Å². The molecule has 14 nitrogen and oxygen atoms in total. The van der Waals surface area contributed by atoms with Crippen LogP contribution in [-0.4, -0.2) is 72.7 Å². The summed E-state index contributed by atoms with van der Waals surface area (Å²) in [7, 11) is 5.50. The Balaban J connectivity index is 1.77. The van der Waals surface area contributed by atoms with E-state index in [0.717, 1.165) is 24.3 Å². The van der Waals surface area contributed by atoms with Gasteiger partial charge in [-0.3, -0.25) is 0 Å². The molecule has 4 rings (SSSR count). The fourth-order valence-electron chi connectivity index (χ4n) is 4.43. The maximum Gasteiger partial charge on any atom is 0.336 e. The van der Waals surface area contributed by atoms with E-state index < -0.39 is 46.1 Å². The molecule has 0 fully saturated rings. The molecule has 0 aliphatic carbocycles. The number of hydrogen-bond acceptors (Lipinski definition) is 10. The van der Waals surface area contributed by atoms with Crippen LogP contribution in [0.3, 0.4) is 0 Å². The third-order valence-electron chi connectivity index (χ3n) is 6.60. The van der Waals surface area contributed by atoms with Crippen molar-refractivity contribution in [3.05, 3.63) is 82.9 Å². The molecular weight excluding hydrogens is 608 g/mol. The highest BCUT2D eigenvalue weighted by Gasteiger charge is 2.23. The number of methoxy groups -OCH3 is 4. The van der Waals surface area contributed by atoms with E-state index in [9.17, 15) is 39.6 Å². The quantitative estimate of drug-likeness (QED) is 0.138. The number of rotatable bonds is 13. The van der Waals surface area contributed by atoms with Crippen LogP contribution in [0.2, 0.25) is 0 Å². The number of benzene rings is 4. The molecule has 4 aromatic carbocycles. The van der Waals surface area contributed by atoms with Crippen molar-refractivity contribution in [3.63, 3.8) is 0 Å². The van der Waals surface area contributed by atoms with E-state index in [2.05, 4.69) is 0 Å². The highest BCUT2D eigenvalue weighted by atomic mass is 16.5. The molecule has 0 radical (unpaired) electrons. The molecule has 0 saturated heterocycles. The highest BCUT2D eigenvalue weighted by molar-refractivity contribution is 6.02. The van der Waals surface area contributed by atoms with Crippen LogP contribution in [0.5, 0.6) is 46.0 Å². The second-order valence-corrected chi connectivity index (χ2v) is 9.26. The Kier molecular flexibility index (Phi) is 9.51. The van der Waals surface area contributed by atoms with E-state index >= 15 is 0 Å². The Morgan fingerprint density at radius 2 is 0.717 bits per heavy atom. The van der Waals surface area contributed by atoms with Crippen molar-refractivity contribution in [2.24, 2.45) is 0 Å². The monoisotopic (exact) mass is 634 g/mol. The van der Waals surface area contributed by atoms with Crippen molar-refractivity contribution >= 4 is 23.9 Å². The van der Waals surface area contributed by atoms with Gasteiger partial charge in [0.05, 0.1) is 50.7 Å². The first-order valence-electron chi connectivity index (χ1n) is 13.0. The maximum absolute atomic E-state index is 11.6. The summed E-state index contributed by atoms with van der Waals surface area (Å²) in [6, 6.07) is 13.3. The number of ether oxygens (including phenoxy) is 6. The first-order valence-corrected chi connectivity index (χ1v) is 13.0. The number of hydrogen-bond donors (Lipinski definition) is 4. The lowest BCUT2D eigenvalue weighted by molar-refractivity contribution is 0.0651. The molecule has 238 valence electrons. The van der Waals surface area contributed by atoms with Gasteiger partial charge in [-0.05, 0) is 71.8 Å². The van der Waals surface area contributed by atoms with Crippen molar-refractivity contribution in [3.8, 4) is 57.1 Å². The lowest BCUT2D eigenvalue weighted by Crippen LogP contribution is -2.08. The standard InChI is InChI=1S/C32H26O14/c1-41-23-9-15(10-24(42-2)27(23)45-17-5-7-19(29(33)34)21(13-17)31(37)38)16-11-25(43-3)28(26(12-16)44-4)46-18-6-8-20(30(35)36)22(14-18)32(39)40/h5-14H,1-4H3,(H,33,34)(H,35,36)(H,37,38)(H,39,40). The van der Waals surface area contributed by atoms with Gasteiger partial charge in [0.2, 0.25) is 11.5 Å². The molecule has 46 heavy (non-hydrogen) atoms. The number of aromatic carboxylic acids is 4. The van der Waals surface area contributed by atoms with Gasteiger partial charge in [0, 0.05) is 0 Å². The van der Waals surface area contributed by atoms with E-state index in [1.54, 1.807) is 24.3 Å². The van der Waals surface area contributed by atoms with Crippen LogP contribution in [0, 0.1) is 0 Å². The molecule has 0 aliphatic rings. The van der Waals surface area contributed by atoms with Crippen molar-refractivity contribution < 1.29 is 68.0 Å². The fraction of sp³-hybridized carbons (Fsp3) is 0.125. The average molecular weight is 635 g/mol. The molecule has 0 saturated carbocycles. The second kappa shape index (κ2) is 13.5. The molecule has 0 unspecified atom stereocenters. The summed E-state index contributed by atoms with van der Waals surface area (Å²) in [6.45, 7) is 0. The van der Waals surface area contributed by atoms with E-state index in [-0.39, 0.29) is 46.0 Å². The largest absolute Gasteiger partial charge is 0.493 e. The van der Waals surface area contributed by atoms with E-state index in [1.807, 2.05) is 0 Å². The minimum Gasteiger partial charge on any atom is -0.493 e. The molecule has 14 heteroatoms. The Morgan fingerprint density at radius 3 is 0.957 bits per heavy atom. The Morgan fingerprint density at radius 1 is 0.435 bits per heavy atom. The molecule has 0 bridgehead atoms. The normalized spacial score (nSPS) is 10.4. The molecule has 0 amide bonds. The summed E-state index contributed by atoms with van der Waals surface area (Å²) >= 11 is 0. The summed E-state index contributed by atoms with van der Waals surface area (Å²) in [4.78, 5) is 46.2. The first-order chi connectivity index (χ1) is 21.9. The van der Waals surface area contributed by atoms with Crippen LogP contribution < -0.4 is 28.4 Å².